The van der Waals surface area contributed by atoms with E-state index in [2.05, 4.69) is 33.5 Å². The van der Waals surface area contributed by atoms with Gasteiger partial charge in [-0.05, 0) is 18.6 Å². The molecule has 0 amide bonds. The Bertz CT molecular complexity index is 542. The molecule has 0 saturated heterocycles. The van der Waals surface area contributed by atoms with E-state index in [1.807, 2.05) is 18.2 Å². The number of rotatable bonds is 6. The molecule has 0 radical (unpaired) electrons. The fourth-order valence-electron chi connectivity index (χ4n) is 1.76. The lowest BCUT2D eigenvalue weighted by Crippen LogP contribution is -2.26. The Morgan fingerprint density at radius 2 is 2.37 bits per heavy atom. The van der Waals surface area contributed by atoms with Crippen LogP contribution < -0.4 is 5.32 Å². The Labute approximate surface area is 118 Å². The number of thiazole rings is 1. The first-order valence-electron chi connectivity index (χ1n) is 6.38. The van der Waals surface area contributed by atoms with Crippen LogP contribution in [0.1, 0.15) is 25.5 Å². The first kappa shape index (κ1) is 13.7. The number of hydrogen-bond donors (Lipinski definition) is 1. The van der Waals surface area contributed by atoms with Gasteiger partial charge in [-0.15, -0.1) is 17.8 Å². The molecule has 0 spiro atoms. The van der Waals surface area contributed by atoms with Gasteiger partial charge in [0.25, 0.3) is 0 Å². The molecular weight excluding hydrogens is 254 g/mol. The molecule has 0 aromatic carbocycles. The van der Waals surface area contributed by atoms with Gasteiger partial charge in [0, 0.05) is 18.1 Å². The topological polar surface area (TPSA) is 37.8 Å². The second-order valence-corrected chi connectivity index (χ2v) is 5.11. The summed E-state index contributed by atoms with van der Waals surface area (Å²) in [5, 5.41) is 6.34. The summed E-state index contributed by atoms with van der Waals surface area (Å²) in [6.45, 7) is 2.84. The third kappa shape index (κ3) is 3.88. The fourth-order valence-corrected chi connectivity index (χ4v) is 2.55. The van der Waals surface area contributed by atoms with Gasteiger partial charge in [-0.3, -0.25) is 10.3 Å². The third-order valence-electron chi connectivity index (χ3n) is 2.74. The highest BCUT2D eigenvalue weighted by molar-refractivity contribution is 7.13. The molecule has 98 valence electrons. The minimum absolute atomic E-state index is 0.130. The molecule has 4 heteroatoms. The van der Waals surface area contributed by atoms with E-state index in [0.29, 0.717) is 6.54 Å². The quantitative estimate of drug-likeness (QED) is 0.820. The largest absolute Gasteiger partial charge is 0.298 e. The van der Waals surface area contributed by atoms with E-state index < -0.39 is 0 Å². The standard InChI is InChI=1S/C15H17N3S/c1-3-7-12(4-2)17-10-13-11-19-15(18-13)14-8-5-6-9-16-14/h2,5-6,8-9,11-12,17H,3,7,10H2,1H3. The lowest BCUT2D eigenvalue weighted by atomic mass is 10.2. The van der Waals surface area contributed by atoms with Crippen molar-refractivity contribution in [2.45, 2.75) is 32.4 Å². The molecule has 2 heterocycles. The zero-order chi connectivity index (χ0) is 13.5. The van der Waals surface area contributed by atoms with Gasteiger partial charge < -0.3 is 0 Å². The molecule has 1 N–H and O–H groups in total. The van der Waals surface area contributed by atoms with Crippen molar-refractivity contribution in [3.05, 3.63) is 35.5 Å². The van der Waals surface area contributed by atoms with Crippen molar-refractivity contribution in [3.8, 4) is 23.0 Å². The average Bonchev–Trinajstić information content (AvgIpc) is 2.93. The minimum Gasteiger partial charge on any atom is -0.298 e. The summed E-state index contributed by atoms with van der Waals surface area (Å²) >= 11 is 1.61. The summed E-state index contributed by atoms with van der Waals surface area (Å²) in [7, 11) is 0. The molecule has 2 rings (SSSR count). The second kappa shape index (κ2) is 7.03. The first-order valence-corrected chi connectivity index (χ1v) is 7.26. The van der Waals surface area contributed by atoms with E-state index in [9.17, 15) is 0 Å². The smallest absolute Gasteiger partial charge is 0.142 e. The van der Waals surface area contributed by atoms with Crippen LogP contribution in [0.15, 0.2) is 29.8 Å². The molecule has 0 aliphatic carbocycles. The molecule has 0 bridgehead atoms. The Morgan fingerprint density at radius 1 is 1.47 bits per heavy atom. The molecule has 2 aromatic rings. The van der Waals surface area contributed by atoms with Crippen molar-refractivity contribution in [2.24, 2.45) is 0 Å². The van der Waals surface area contributed by atoms with Gasteiger partial charge in [-0.2, -0.15) is 0 Å². The Balaban J connectivity index is 1.97. The van der Waals surface area contributed by atoms with Crippen LogP contribution in [0, 0.1) is 12.3 Å². The van der Waals surface area contributed by atoms with Gasteiger partial charge in [0.05, 0.1) is 17.4 Å². The van der Waals surface area contributed by atoms with Crippen LogP contribution >= 0.6 is 11.3 Å². The van der Waals surface area contributed by atoms with Crippen LogP contribution in [0.25, 0.3) is 10.7 Å². The van der Waals surface area contributed by atoms with Crippen molar-refractivity contribution in [3.63, 3.8) is 0 Å². The summed E-state index contributed by atoms with van der Waals surface area (Å²) in [5.74, 6) is 2.76. The summed E-state index contributed by atoms with van der Waals surface area (Å²) < 4.78 is 0. The maximum absolute atomic E-state index is 5.48. The van der Waals surface area contributed by atoms with Gasteiger partial charge in [0.1, 0.15) is 5.01 Å². The van der Waals surface area contributed by atoms with Crippen LogP contribution in [0.2, 0.25) is 0 Å². The molecule has 1 atom stereocenters. The number of terminal acetylenes is 1. The molecule has 2 aromatic heterocycles. The summed E-state index contributed by atoms with van der Waals surface area (Å²) in [6.07, 6.45) is 9.34. The monoisotopic (exact) mass is 271 g/mol. The van der Waals surface area contributed by atoms with Gasteiger partial charge in [0.2, 0.25) is 0 Å². The summed E-state index contributed by atoms with van der Waals surface area (Å²) in [4.78, 5) is 8.87. The summed E-state index contributed by atoms with van der Waals surface area (Å²) in [5.41, 5.74) is 1.93. The van der Waals surface area contributed by atoms with E-state index in [1.165, 1.54) is 0 Å². The first-order chi connectivity index (χ1) is 9.33. The SMILES string of the molecule is C#CC(CCC)NCc1csc(-c2ccccn2)n1. The lowest BCUT2D eigenvalue weighted by molar-refractivity contribution is 0.559. The maximum atomic E-state index is 5.48. The molecule has 1 unspecified atom stereocenters. The van der Waals surface area contributed by atoms with Crippen molar-refractivity contribution < 1.29 is 0 Å². The Kier molecular flexibility index (Phi) is 5.08. The van der Waals surface area contributed by atoms with Crippen LogP contribution in [-0.4, -0.2) is 16.0 Å². The maximum Gasteiger partial charge on any atom is 0.142 e. The Morgan fingerprint density at radius 3 is 3.05 bits per heavy atom. The van der Waals surface area contributed by atoms with Crippen LogP contribution in [0.3, 0.4) is 0 Å². The molecule has 0 aliphatic heterocycles. The summed E-state index contributed by atoms with van der Waals surface area (Å²) in [6, 6.07) is 5.97. The number of aromatic nitrogens is 2. The third-order valence-corrected chi connectivity index (χ3v) is 3.66. The van der Waals surface area contributed by atoms with Crippen LogP contribution in [0.4, 0.5) is 0 Å². The highest BCUT2D eigenvalue weighted by Gasteiger charge is 2.07. The number of nitrogens with zero attached hydrogens (tertiary/aromatic N) is 2. The predicted molar refractivity (Wildman–Crippen MR) is 79.7 cm³/mol. The predicted octanol–water partition coefficient (Wildman–Crippen LogP) is 3.10. The van der Waals surface area contributed by atoms with E-state index in [-0.39, 0.29) is 6.04 Å². The number of hydrogen-bond acceptors (Lipinski definition) is 4. The normalized spacial score (nSPS) is 12.0. The molecule has 3 nitrogen and oxygen atoms in total. The zero-order valence-corrected chi connectivity index (χ0v) is 11.8. The van der Waals surface area contributed by atoms with E-state index in [4.69, 9.17) is 6.42 Å². The lowest BCUT2D eigenvalue weighted by Gasteiger charge is -2.10. The van der Waals surface area contributed by atoms with Gasteiger partial charge in [-0.25, -0.2) is 4.98 Å². The van der Waals surface area contributed by atoms with E-state index in [0.717, 1.165) is 29.2 Å². The van der Waals surface area contributed by atoms with Gasteiger partial charge in [0.15, 0.2) is 0 Å². The molecule has 0 fully saturated rings. The highest BCUT2D eigenvalue weighted by atomic mass is 32.1. The zero-order valence-electron chi connectivity index (χ0n) is 11.0. The highest BCUT2D eigenvalue weighted by Crippen LogP contribution is 2.21. The van der Waals surface area contributed by atoms with Crippen LogP contribution in [0.5, 0.6) is 0 Å². The van der Waals surface area contributed by atoms with Gasteiger partial charge in [-0.1, -0.05) is 25.3 Å². The van der Waals surface area contributed by atoms with Crippen LogP contribution in [-0.2, 0) is 6.54 Å². The fraction of sp³-hybridized carbons (Fsp3) is 0.333. The number of nitrogens with one attached hydrogen (secondary N) is 1. The van der Waals surface area contributed by atoms with Crippen molar-refractivity contribution >= 4 is 11.3 Å². The average molecular weight is 271 g/mol. The van der Waals surface area contributed by atoms with Crippen molar-refractivity contribution in [2.75, 3.05) is 0 Å². The number of pyridine rings is 1. The second-order valence-electron chi connectivity index (χ2n) is 4.25. The van der Waals surface area contributed by atoms with Crippen molar-refractivity contribution in [1.82, 2.24) is 15.3 Å². The van der Waals surface area contributed by atoms with E-state index in [1.54, 1.807) is 17.5 Å². The molecule has 0 saturated carbocycles. The minimum atomic E-state index is 0.130. The Hall–Kier alpha value is -1.70. The van der Waals surface area contributed by atoms with E-state index >= 15 is 0 Å². The molecule has 19 heavy (non-hydrogen) atoms. The molecular formula is C15H17N3S. The molecule has 0 aliphatic rings. The van der Waals surface area contributed by atoms with Crippen molar-refractivity contribution in [1.29, 1.82) is 0 Å². The van der Waals surface area contributed by atoms with Gasteiger partial charge >= 0.3 is 0 Å².